The molecule has 0 fully saturated rings. The van der Waals surface area contributed by atoms with Crippen molar-refractivity contribution in [3.8, 4) is 11.1 Å². The van der Waals surface area contributed by atoms with E-state index in [1.165, 1.54) is 6.07 Å². The summed E-state index contributed by atoms with van der Waals surface area (Å²) in [5.74, 6) is 0.267. The van der Waals surface area contributed by atoms with Crippen molar-refractivity contribution in [1.29, 1.82) is 0 Å². The lowest BCUT2D eigenvalue weighted by molar-refractivity contribution is 0.640. The normalized spacial score (nSPS) is 10.7. The minimum atomic E-state index is -0.210. The fourth-order valence-corrected chi connectivity index (χ4v) is 2.08. The summed E-state index contributed by atoms with van der Waals surface area (Å²) in [6.45, 7) is 0. The van der Waals surface area contributed by atoms with Crippen molar-refractivity contribution in [2.75, 3.05) is 5.73 Å². The summed E-state index contributed by atoms with van der Waals surface area (Å²) in [6.07, 6.45) is 1.70. The standard InChI is InChI=1S/C15H11FN2/c16-14-7-6-11(10-5-8-15(17)18-9-10)12-3-1-2-4-13(12)14/h1-9H,(H2,17,18). The van der Waals surface area contributed by atoms with E-state index in [9.17, 15) is 4.39 Å². The molecule has 2 aromatic carbocycles. The van der Waals surface area contributed by atoms with Crippen molar-refractivity contribution in [2.45, 2.75) is 0 Å². The lowest BCUT2D eigenvalue weighted by Gasteiger charge is -2.07. The Bertz CT molecular complexity index is 705. The molecule has 88 valence electrons. The number of fused-ring (bicyclic) bond motifs is 1. The van der Waals surface area contributed by atoms with Crippen LogP contribution in [0.1, 0.15) is 0 Å². The van der Waals surface area contributed by atoms with Gasteiger partial charge in [-0.1, -0.05) is 30.3 Å². The Balaban J connectivity index is 2.30. The first kappa shape index (κ1) is 10.7. The number of rotatable bonds is 1. The zero-order valence-corrected chi connectivity index (χ0v) is 9.60. The molecule has 3 rings (SSSR count). The Labute approximate surface area is 104 Å². The van der Waals surface area contributed by atoms with Gasteiger partial charge in [0.25, 0.3) is 0 Å². The molecule has 0 spiro atoms. The average Bonchev–Trinajstić information content (AvgIpc) is 2.41. The van der Waals surface area contributed by atoms with Gasteiger partial charge in [-0.05, 0) is 29.1 Å². The molecule has 0 aliphatic carbocycles. The number of halogens is 1. The molecular formula is C15H11FN2. The highest BCUT2D eigenvalue weighted by molar-refractivity contribution is 5.96. The highest BCUT2D eigenvalue weighted by Crippen LogP contribution is 2.29. The van der Waals surface area contributed by atoms with E-state index in [2.05, 4.69) is 4.98 Å². The van der Waals surface area contributed by atoms with Crippen LogP contribution in [0.2, 0.25) is 0 Å². The number of hydrogen-bond acceptors (Lipinski definition) is 2. The summed E-state index contributed by atoms with van der Waals surface area (Å²) >= 11 is 0. The number of anilines is 1. The Morgan fingerprint density at radius 2 is 1.67 bits per heavy atom. The smallest absolute Gasteiger partial charge is 0.131 e. The second-order valence-electron chi connectivity index (χ2n) is 4.11. The van der Waals surface area contributed by atoms with Gasteiger partial charge in [0.2, 0.25) is 0 Å². The number of benzene rings is 2. The molecule has 2 N–H and O–H groups in total. The van der Waals surface area contributed by atoms with Gasteiger partial charge in [0.05, 0.1) is 0 Å². The maximum Gasteiger partial charge on any atom is 0.131 e. The molecule has 0 atom stereocenters. The van der Waals surface area contributed by atoms with Gasteiger partial charge >= 0.3 is 0 Å². The summed E-state index contributed by atoms with van der Waals surface area (Å²) < 4.78 is 13.7. The second-order valence-corrected chi connectivity index (χ2v) is 4.11. The third-order valence-electron chi connectivity index (χ3n) is 2.97. The summed E-state index contributed by atoms with van der Waals surface area (Å²) in [5.41, 5.74) is 7.46. The van der Waals surface area contributed by atoms with Crippen LogP contribution in [0.4, 0.5) is 10.2 Å². The van der Waals surface area contributed by atoms with Gasteiger partial charge in [-0.25, -0.2) is 9.37 Å². The number of nitrogens with zero attached hydrogens (tertiary/aromatic N) is 1. The van der Waals surface area contributed by atoms with Crippen molar-refractivity contribution in [1.82, 2.24) is 4.98 Å². The second kappa shape index (κ2) is 4.11. The first-order valence-corrected chi connectivity index (χ1v) is 5.65. The van der Waals surface area contributed by atoms with Crippen LogP contribution in [0.5, 0.6) is 0 Å². The molecule has 3 heteroatoms. The van der Waals surface area contributed by atoms with Gasteiger partial charge in [-0.3, -0.25) is 0 Å². The van der Waals surface area contributed by atoms with Crippen molar-refractivity contribution in [2.24, 2.45) is 0 Å². The average molecular weight is 238 g/mol. The molecule has 18 heavy (non-hydrogen) atoms. The summed E-state index contributed by atoms with van der Waals surface area (Å²) in [7, 11) is 0. The lowest BCUT2D eigenvalue weighted by atomic mass is 9.99. The molecule has 0 saturated heterocycles. The Morgan fingerprint density at radius 1 is 0.889 bits per heavy atom. The predicted molar refractivity (Wildman–Crippen MR) is 71.5 cm³/mol. The van der Waals surface area contributed by atoms with Gasteiger partial charge in [0, 0.05) is 17.1 Å². The van der Waals surface area contributed by atoms with Gasteiger partial charge in [0.15, 0.2) is 0 Å². The van der Waals surface area contributed by atoms with Crippen molar-refractivity contribution in [3.05, 3.63) is 60.5 Å². The highest BCUT2D eigenvalue weighted by atomic mass is 19.1. The molecular weight excluding hydrogens is 227 g/mol. The third kappa shape index (κ3) is 1.70. The van der Waals surface area contributed by atoms with Crippen LogP contribution in [0.15, 0.2) is 54.7 Å². The van der Waals surface area contributed by atoms with E-state index in [1.807, 2.05) is 24.3 Å². The fourth-order valence-electron chi connectivity index (χ4n) is 2.08. The van der Waals surface area contributed by atoms with E-state index < -0.39 is 0 Å². The SMILES string of the molecule is Nc1ccc(-c2ccc(F)c3ccccc23)cn1. The largest absolute Gasteiger partial charge is 0.384 e. The number of nitrogens with two attached hydrogens (primary N) is 1. The highest BCUT2D eigenvalue weighted by Gasteiger charge is 2.07. The van der Waals surface area contributed by atoms with Crippen LogP contribution in [0, 0.1) is 5.82 Å². The quantitative estimate of drug-likeness (QED) is 0.703. The number of aromatic nitrogens is 1. The molecule has 0 saturated carbocycles. The summed E-state index contributed by atoms with van der Waals surface area (Å²) in [4.78, 5) is 4.07. The molecule has 1 aromatic heterocycles. The number of hydrogen-bond donors (Lipinski definition) is 1. The number of pyridine rings is 1. The van der Waals surface area contributed by atoms with Gasteiger partial charge < -0.3 is 5.73 Å². The topological polar surface area (TPSA) is 38.9 Å². The van der Waals surface area contributed by atoms with Crippen LogP contribution in [0.25, 0.3) is 21.9 Å². The first-order valence-electron chi connectivity index (χ1n) is 5.65. The predicted octanol–water partition coefficient (Wildman–Crippen LogP) is 3.62. The van der Waals surface area contributed by atoms with Gasteiger partial charge in [0.1, 0.15) is 11.6 Å². The van der Waals surface area contributed by atoms with Crippen LogP contribution in [-0.2, 0) is 0 Å². The molecule has 0 aliphatic heterocycles. The summed E-state index contributed by atoms with van der Waals surface area (Å²) in [5, 5.41) is 1.50. The van der Waals surface area contributed by atoms with Gasteiger partial charge in [-0.15, -0.1) is 0 Å². The fraction of sp³-hybridized carbons (Fsp3) is 0. The van der Waals surface area contributed by atoms with E-state index in [-0.39, 0.29) is 5.82 Å². The minimum Gasteiger partial charge on any atom is -0.384 e. The molecule has 2 nitrogen and oxygen atoms in total. The minimum absolute atomic E-state index is 0.210. The van der Waals surface area contributed by atoms with E-state index in [0.717, 1.165) is 16.5 Å². The van der Waals surface area contributed by atoms with E-state index >= 15 is 0 Å². The third-order valence-corrected chi connectivity index (χ3v) is 2.97. The summed E-state index contributed by atoms with van der Waals surface area (Å²) in [6, 6.07) is 14.3. The first-order chi connectivity index (χ1) is 8.75. The molecule has 1 heterocycles. The van der Waals surface area contributed by atoms with E-state index in [1.54, 1.807) is 24.4 Å². The zero-order valence-electron chi connectivity index (χ0n) is 9.60. The molecule has 0 radical (unpaired) electrons. The Hall–Kier alpha value is -2.42. The molecule has 3 aromatic rings. The van der Waals surface area contributed by atoms with E-state index in [4.69, 9.17) is 5.73 Å². The van der Waals surface area contributed by atoms with Crippen molar-refractivity contribution in [3.63, 3.8) is 0 Å². The maximum absolute atomic E-state index is 13.7. The van der Waals surface area contributed by atoms with Gasteiger partial charge in [-0.2, -0.15) is 0 Å². The number of nitrogen functional groups attached to an aromatic ring is 1. The van der Waals surface area contributed by atoms with Crippen LogP contribution >= 0.6 is 0 Å². The lowest BCUT2D eigenvalue weighted by Crippen LogP contribution is -1.90. The molecule has 0 unspecified atom stereocenters. The van der Waals surface area contributed by atoms with E-state index in [0.29, 0.717) is 11.2 Å². The van der Waals surface area contributed by atoms with Crippen LogP contribution in [0.3, 0.4) is 0 Å². The van der Waals surface area contributed by atoms with Crippen LogP contribution < -0.4 is 5.73 Å². The van der Waals surface area contributed by atoms with Crippen LogP contribution in [-0.4, -0.2) is 4.98 Å². The molecule has 0 amide bonds. The van der Waals surface area contributed by atoms with Crippen molar-refractivity contribution < 1.29 is 4.39 Å². The van der Waals surface area contributed by atoms with Crippen molar-refractivity contribution >= 4 is 16.6 Å². The Morgan fingerprint density at radius 3 is 2.39 bits per heavy atom. The monoisotopic (exact) mass is 238 g/mol. The maximum atomic E-state index is 13.7. The molecule has 0 bridgehead atoms. The molecule has 0 aliphatic rings. The zero-order chi connectivity index (χ0) is 12.5. The Kier molecular flexibility index (Phi) is 2.45.